The molecule has 2 heterocycles. The molecule has 218 valence electrons. The Morgan fingerprint density at radius 2 is 1.85 bits per heavy atom. The van der Waals surface area contributed by atoms with E-state index in [-0.39, 0.29) is 30.2 Å². The molecule has 10 heteroatoms. The van der Waals surface area contributed by atoms with Crippen molar-refractivity contribution in [2.75, 3.05) is 11.4 Å². The highest BCUT2D eigenvalue weighted by Gasteiger charge is 2.34. The minimum absolute atomic E-state index is 0.114. The van der Waals surface area contributed by atoms with E-state index in [1.54, 1.807) is 17.5 Å². The van der Waals surface area contributed by atoms with Crippen LogP contribution in [0.1, 0.15) is 52.0 Å². The first kappa shape index (κ1) is 30.2. The second kappa shape index (κ2) is 13.7. The van der Waals surface area contributed by atoms with E-state index in [1.165, 1.54) is 23.2 Å². The van der Waals surface area contributed by atoms with E-state index in [2.05, 4.69) is 24.5 Å². The third kappa shape index (κ3) is 7.51. The smallest absolute Gasteiger partial charge is 0.326 e. The summed E-state index contributed by atoms with van der Waals surface area (Å²) in [4.78, 5) is 54.4. The molecule has 0 radical (unpaired) electrons. The Balaban J connectivity index is 1.71. The van der Waals surface area contributed by atoms with Crippen LogP contribution < -0.4 is 15.5 Å². The molecule has 1 aliphatic heterocycles. The Morgan fingerprint density at radius 1 is 1.10 bits per heavy atom. The Morgan fingerprint density at radius 3 is 2.51 bits per heavy atom. The zero-order valence-electron chi connectivity index (χ0n) is 23.7. The summed E-state index contributed by atoms with van der Waals surface area (Å²) in [6, 6.07) is 15.8. The Kier molecular flexibility index (Phi) is 10.1. The average molecular weight is 579 g/mol. The number of nitrogens with zero attached hydrogens (tertiary/aromatic N) is 2. The molecule has 1 aliphatic rings. The van der Waals surface area contributed by atoms with Crippen LogP contribution in [-0.4, -0.2) is 58.5 Å². The topological polar surface area (TPSA) is 119 Å². The van der Waals surface area contributed by atoms with Crippen LogP contribution in [0, 0.1) is 5.92 Å². The molecular formula is C31H38N4O5S. The minimum Gasteiger partial charge on any atom is -0.480 e. The SMILES string of the molecule is CC[C@H](C)CC(NC(=O)[C@@H]1CCC(=O)N1)N(CC(=O)N(c1cccs1)[C@@H](C)C(=O)O)Cc1cccc2ccccc12. The van der Waals surface area contributed by atoms with Gasteiger partial charge in [0.25, 0.3) is 0 Å². The summed E-state index contributed by atoms with van der Waals surface area (Å²) in [6.45, 7) is 5.91. The highest BCUT2D eigenvalue weighted by atomic mass is 32.1. The fraction of sp³-hybridized carbons (Fsp3) is 0.419. The number of aliphatic carboxylic acids is 1. The van der Waals surface area contributed by atoms with Gasteiger partial charge < -0.3 is 15.7 Å². The van der Waals surface area contributed by atoms with E-state index >= 15 is 0 Å². The summed E-state index contributed by atoms with van der Waals surface area (Å²) in [5.41, 5.74) is 0.988. The van der Waals surface area contributed by atoms with Gasteiger partial charge in [0.2, 0.25) is 17.7 Å². The van der Waals surface area contributed by atoms with Crippen molar-refractivity contribution in [3.63, 3.8) is 0 Å². The number of amides is 3. The molecule has 0 saturated carbocycles. The molecule has 1 aromatic heterocycles. The highest BCUT2D eigenvalue weighted by molar-refractivity contribution is 7.14. The maximum absolute atomic E-state index is 14.0. The van der Waals surface area contributed by atoms with Crippen molar-refractivity contribution in [2.24, 2.45) is 5.92 Å². The van der Waals surface area contributed by atoms with Gasteiger partial charge in [-0.2, -0.15) is 0 Å². The first-order valence-electron chi connectivity index (χ1n) is 14.1. The van der Waals surface area contributed by atoms with Crippen molar-refractivity contribution in [1.29, 1.82) is 0 Å². The molecule has 4 atom stereocenters. The molecule has 0 spiro atoms. The Labute approximate surface area is 244 Å². The summed E-state index contributed by atoms with van der Waals surface area (Å²) < 4.78 is 0. The van der Waals surface area contributed by atoms with Gasteiger partial charge in [-0.3, -0.25) is 24.2 Å². The summed E-state index contributed by atoms with van der Waals surface area (Å²) in [6.07, 6.45) is 1.65. The zero-order chi connectivity index (χ0) is 29.5. The normalized spacial score (nSPS) is 17.2. The summed E-state index contributed by atoms with van der Waals surface area (Å²) >= 11 is 1.30. The number of thiophene rings is 1. The molecule has 1 unspecified atom stereocenters. The lowest BCUT2D eigenvalue weighted by Gasteiger charge is -2.36. The second-order valence-electron chi connectivity index (χ2n) is 10.7. The van der Waals surface area contributed by atoms with Crippen LogP contribution in [0.15, 0.2) is 60.0 Å². The van der Waals surface area contributed by atoms with Crippen molar-refractivity contribution < 1.29 is 24.3 Å². The minimum atomic E-state index is -1.10. The van der Waals surface area contributed by atoms with E-state index in [0.717, 1.165) is 22.8 Å². The van der Waals surface area contributed by atoms with Crippen LogP contribution in [-0.2, 0) is 25.7 Å². The van der Waals surface area contributed by atoms with E-state index in [4.69, 9.17) is 0 Å². The van der Waals surface area contributed by atoms with Crippen LogP contribution in [0.2, 0.25) is 0 Å². The van der Waals surface area contributed by atoms with Gasteiger partial charge in [-0.05, 0) is 59.5 Å². The molecule has 1 fully saturated rings. The summed E-state index contributed by atoms with van der Waals surface area (Å²) in [7, 11) is 0. The molecule has 9 nitrogen and oxygen atoms in total. The Bertz CT molecular complexity index is 1370. The van der Waals surface area contributed by atoms with Gasteiger partial charge in [0.05, 0.1) is 17.7 Å². The first-order valence-corrected chi connectivity index (χ1v) is 14.9. The lowest BCUT2D eigenvalue weighted by molar-refractivity contribution is -0.139. The highest BCUT2D eigenvalue weighted by Crippen LogP contribution is 2.26. The monoisotopic (exact) mass is 578 g/mol. The maximum Gasteiger partial charge on any atom is 0.326 e. The molecule has 0 aliphatic carbocycles. The van der Waals surface area contributed by atoms with Gasteiger partial charge >= 0.3 is 5.97 Å². The number of fused-ring (bicyclic) bond motifs is 1. The number of nitrogens with one attached hydrogen (secondary N) is 2. The predicted molar refractivity (Wildman–Crippen MR) is 160 cm³/mol. The number of carboxylic acids is 1. The number of benzene rings is 2. The molecular weight excluding hydrogens is 540 g/mol. The van der Waals surface area contributed by atoms with E-state index in [9.17, 15) is 24.3 Å². The summed E-state index contributed by atoms with van der Waals surface area (Å²) in [5, 5.41) is 20.1. The Hall–Kier alpha value is -3.76. The number of rotatable bonds is 13. The van der Waals surface area contributed by atoms with E-state index in [1.807, 2.05) is 47.4 Å². The lowest BCUT2D eigenvalue weighted by Crippen LogP contribution is -2.56. The zero-order valence-corrected chi connectivity index (χ0v) is 24.5. The number of anilines is 1. The first-order chi connectivity index (χ1) is 19.7. The quantitative estimate of drug-likeness (QED) is 0.259. The molecule has 0 bridgehead atoms. The molecule has 3 amide bonds. The predicted octanol–water partition coefficient (Wildman–Crippen LogP) is 4.37. The van der Waals surface area contributed by atoms with Crippen molar-refractivity contribution in [3.05, 3.63) is 65.5 Å². The van der Waals surface area contributed by atoms with Gasteiger partial charge in [-0.15, -0.1) is 11.3 Å². The molecule has 3 aromatic rings. The second-order valence-corrected chi connectivity index (χ2v) is 11.6. The van der Waals surface area contributed by atoms with Gasteiger partial charge in [0.1, 0.15) is 12.1 Å². The summed E-state index contributed by atoms with van der Waals surface area (Å²) in [5.74, 6) is -1.68. The van der Waals surface area contributed by atoms with Gasteiger partial charge in [-0.25, -0.2) is 4.79 Å². The molecule has 2 aromatic carbocycles. The standard InChI is InChI=1S/C31H38N4O5S/c1-4-20(2)17-26(33-30(38)25-14-15-27(36)32-25)34(18-23-11-7-10-22-9-5-6-12-24(22)23)19-28(37)35(21(3)31(39)40)29-13-8-16-41-29/h5-13,16,20-21,25-26H,4,14-15,17-19H2,1-3H3,(H,32,36)(H,33,38)(H,39,40)/t20-,21-,25-,26?/m0/s1. The third-order valence-electron chi connectivity index (χ3n) is 7.73. The molecule has 1 saturated heterocycles. The number of carbonyl (C=O) groups excluding carboxylic acids is 3. The van der Waals surface area contributed by atoms with Crippen molar-refractivity contribution >= 4 is 50.8 Å². The molecule has 4 rings (SSSR count). The van der Waals surface area contributed by atoms with Crippen LogP contribution >= 0.6 is 11.3 Å². The van der Waals surface area contributed by atoms with Crippen molar-refractivity contribution in [1.82, 2.24) is 15.5 Å². The number of carbonyl (C=O) groups is 4. The average Bonchev–Trinajstić information content (AvgIpc) is 3.64. The van der Waals surface area contributed by atoms with Crippen LogP contribution in [0.5, 0.6) is 0 Å². The van der Waals surface area contributed by atoms with E-state index < -0.39 is 24.2 Å². The van der Waals surface area contributed by atoms with Crippen molar-refractivity contribution in [2.45, 2.75) is 71.2 Å². The van der Waals surface area contributed by atoms with E-state index in [0.29, 0.717) is 30.8 Å². The largest absolute Gasteiger partial charge is 0.480 e. The van der Waals surface area contributed by atoms with Crippen LogP contribution in [0.25, 0.3) is 10.8 Å². The fourth-order valence-corrected chi connectivity index (χ4v) is 5.97. The fourth-order valence-electron chi connectivity index (χ4n) is 5.15. The third-order valence-corrected chi connectivity index (χ3v) is 8.60. The van der Waals surface area contributed by atoms with Gasteiger partial charge in [0.15, 0.2) is 0 Å². The molecule has 41 heavy (non-hydrogen) atoms. The number of hydrogen-bond donors (Lipinski definition) is 3. The lowest BCUT2D eigenvalue weighted by atomic mass is 10.00. The van der Waals surface area contributed by atoms with Crippen molar-refractivity contribution in [3.8, 4) is 0 Å². The number of hydrogen-bond acceptors (Lipinski definition) is 6. The van der Waals surface area contributed by atoms with Crippen LogP contribution in [0.3, 0.4) is 0 Å². The number of carboxylic acid groups (broad SMARTS) is 1. The van der Waals surface area contributed by atoms with Crippen LogP contribution in [0.4, 0.5) is 5.00 Å². The van der Waals surface area contributed by atoms with Gasteiger partial charge in [-0.1, -0.05) is 62.7 Å². The maximum atomic E-state index is 14.0. The van der Waals surface area contributed by atoms with Gasteiger partial charge in [0, 0.05) is 13.0 Å². The molecule has 3 N–H and O–H groups in total.